The molecule has 0 radical (unpaired) electrons. The summed E-state index contributed by atoms with van der Waals surface area (Å²) >= 11 is 0. The van der Waals surface area contributed by atoms with Crippen molar-refractivity contribution in [2.24, 2.45) is 5.41 Å². The van der Waals surface area contributed by atoms with Gasteiger partial charge in [0.15, 0.2) is 0 Å². The molecule has 92 valence electrons. The molecule has 3 nitrogen and oxygen atoms in total. The van der Waals surface area contributed by atoms with Crippen LogP contribution in [0.25, 0.3) is 0 Å². The van der Waals surface area contributed by atoms with Crippen LogP contribution in [-0.4, -0.2) is 23.3 Å². The van der Waals surface area contributed by atoms with Crippen LogP contribution in [0.1, 0.15) is 25.7 Å². The lowest BCUT2D eigenvalue weighted by atomic mass is 9.64. The SMILES string of the molecule is C=C/C=C(\C=C)C12CCC(C(=O)O)(CC1)CO2. The Kier molecular flexibility index (Phi) is 2.96. The molecule has 2 aliphatic heterocycles. The highest BCUT2D eigenvalue weighted by atomic mass is 16.5. The lowest BCUT2D eigenvalue weighted by molar-refractivity contribution is -0.190. The minimum absolute atomic E-state index is 0.310. The fraction of sp³-hybridized carbons (Fsp3) is 0.500. The van der Waals surface area contributed by atoms with Crippen molar-refractivity contribution in [3.05, 3.63) is 37.0 Å². The molecule has 17 heavy (non-hydrogen) atoms. The Balaban J connectivity index is 2.25. The van der Waals surface area contributed by atoms with Crippen molar-refractivity contribution in [3.63, 3.8) is 0 Å². The van der Waals surface area contributed by atoms with E-state index < -0.39 is 11.4 Å². The normalized spacial score (nSPS) is 36.6. The molecule has 1 N–H and O–H groups in total. The highest BCUT2D eigenvalue weighted by molar-refractivity contribution is 5.75. The van der Waals surface area contributed by atoms with E-state index >= 15 is 0 Å². The molecule has 0 atom stereocenters. The van der Waals surface area contributed by atoms with E-state index in [9.17, 15) is 9.90 Å². The second kappa shape index (κ2) is 4.15. The largest absolute Gasteiger partial charge is 0.481 e. The van der Waals surface area contributed by atoms with Gasteiger partial charge in [0.1, 0.15) is 0 Å². The molecule has 3 aliphatic rings. The first kappa shape index (κ1) is 12.1. The third-order valence-electron chi connectivity index (χ3n) is 4.14. The summed E-state index contributed by atoms with van der Waals surface area (Å²) in [4.78, 5) is 11.3. The van der Waals surface area contributed by atoms with Crippen LogP contribution in [0, 0.1) is 5.41 Å². The van der Waals surface area contributed by atoms with Gasteiger partial charge in [0.2, 0.25) is 0 Å². The number of rotatable bonds is 4. The van der Waals surface area contributed by atoms with Crippen molar-refractivity contribution < 1.29 is 14.6 Å². The van der Waals surface area contributed by atoms with Crippen molar-refractivity contribution in [2.75, 3.05) is 6.61 Å². The number of aliphatic carboxylic acids is 1. The molecule has 3 fully saturated rings. The zero-order valence-electron chi connectivity index (χ0n) is 9.95. The summed E-state index contributed by atoms with van der Waals surface area (Å²) in [5.41, 5.74) is 0.0428. The number of allylic oxidation sites excluding steroid dienone is 2. The molecule has 0 spiro atoms. The predicted molar refractivity (Wildman–Crippen MR) is 65.7 cm³/mol. The number of ether oxygens (including phenoxy) is 1. The number of hydrogen-bond acceptors (Lipinski definition) is 2. The Morgan fingerprint density at radius 3 is 2.24 bits per heavy atom. The highest BCUT2D eigenvalue weighted by Gasteiger charge is 2.54. The van der Waals surface area contributed by atoms with Crippen molar-refractivity contribution in [3.8, 4) is 0 Å². The van der Waals surface area contributed by atoms with E-state index in [0.29, 0.717) is 19.4 Å². The molecule has 1 aliphatic carbocycles. The van der Waals surface area contributed by atoms with Crippen LogP contribution in [0.2, 0.25) is 0 Å². The summed E-state index contributed by atoms with van der Waals surface area (Å²) in [7, 11) is 0. The Morgan fingerprint density at radius 2 is 1.88 bits per heavy atom. The molecule has 0 aromatic rings. The van der Waals surface area contributed by atoms with Gasteiger partial charge in [0.25, 0.3) is 0 Å². The van der Waals surface area contributed by atoms with Crippen LogP contribution >= 0.6 is 0 Å². The second-order valence-electron chi connectivity index (χ2n) is 4.93. The summed E-state index contributed by atoms with van der Waals surface area (Å²) in [6, 6.07) is 0. The fourth-order valence-corrected chi connectivity index (χ4v) is 2.88. The average Bonchev–Trinajstić information content (AvgIpc) is 2.37. The first-order valence-electron chi connectivity index (χ1n) is 5.92. The molecule has 2 heterocycles. The van der Waals surface area contributed by atoms with Crippen LogP contribution < -0.4 is 0 Å². The number of hydrogen-bond donors (Lipinski definition) is 1. The van der Waals surface area contributed by atoms with E-state index in [-0.39, 0.29) is 5.60 Å². The Hall–Kier alpha value is -1.35. The van der Waals surface area contributed by atoms with Gasteiger partial charge in [-0.3, -0.25) is 4.79 Å². The van der Waals surface area contributed by atoms with Crippen molar-refractivity contribution >= 4 is 5.97 Å². The van der Waals surface area contributed by atoms with Crippen LogP contribution in [0.3, 0.4) is 0 Å². The topological polar surface area (TPSA) is 46.5 Å². The third-order valence-corrected chi connectivity index (χ3v) is 4.14. The molecule has 2 bridgehead atoms. The standard InChI is InChI=1S/C14H18O3/c1-3-5-11(4-2)14-8-6-13(7-9-14,10-17-14)12(15)16/h3-5H,1-2,6-10H2,(H,15,16)/b11-5+. The highest BCUT2D eigenvalue weighted by Crippen LogP contribution is 2.52. The van der Waals surface area contributed by atoms with Gasteiger partial charge >= 0.3 is 5.97 Å². The predicted octanol–water partition coefficient (Wildman–Crippen LogP) is 2.70. The average molecular weight is 234 g/mol. The van der Waals surface area contributed by atoms with Gasteiger partial charge in [0, 0.05) is 0 Å². The third kappa shape index (κ3) is 1.75. The van der Waals surface area contributed by atoms with E-state index in [2.05, 4.69) is 13.2 Å². The Bertz CT molecular complexity index is 368. The summed E-state index contributed by atoms with van der Waals surface area (Å²) in [6.45, 7) is 7.80. The number of carboxylic acids is 1. The smallest absolute Gasteiger partial charge is 0.311 e. The van der Waals surface area contributed by atoms with Gasteiger partial charge in [-0.05, 0) is 31.3 Å². The van der Waals surface area contributed by atoms with Crippen LogP contribution in [-0.2, 0) is 9.53 Å². The van der Waals surface area contributed by atoms with Crippen LogP contribution in [0.15, 0.2) is 37.0 Å². The number of carboxylic acid groups (broad SMARTS) is 1. The second-order valence-corrected chi connectivity index (χ2v) is 4.93. The molecule has 0 aromatic heterocycles. The summed E-state index contributed by atoms with van der Waals surface area (Å²) in [5, 5.41) is 9.27. The molecular formula is C14H18O3. The van der Waals surface area contributed by atoms with Crippen LogP contribution in [0.5, 0.6) is 0 Å². The summed E-state index contributed by atoms with van der Waals surface area (Å²) in [5.74, 6) is -0.723. The lowest BCUT2D eigenvalue weighted by Crippen LogP contribution is -2.54. The number of carbonyl (C=O) groups is 1. The van der Waals surface area contributed by atoms with Gasteiger partial charge in [-0.25, -0.2) is 0 Å². The molecule has 2 saturated heterocycles. The monoisotopic (exact) mass is 234 g/mol. The minimum atomic E-state index is -0.723. The summed E-state index contributed by atoms with van der Waals surface area (Å²) < 4.78 is 5.87. The zero-order valence-corrected chi connectivity index (χ0v) is 9.95. The Labute approximate surface area is 101 Å². The van der Waals surface area contributed by atoms with E-state index in [4.69, 9.17) is 4.74 Å². The number of fused-ring (bicyclic) bond motifs is 3. The molecule has 0 amide bonds. The van der Waals surface area contributed by atoms with Gasteiger partial charge in [-0.15, -0.1) is 0 Å². The van der Waals surface area contributed by atoms with Crippen molar-refractivity contribution in [1.82, 2.24) is 0 Å². The van der Waals surface area contributed by atoms with Gasteiger partial charge in [-0.2, -0.15) is 0 Å². The van der Waals surface area contributed by atoms with Crippen molar-refractivity contribution in [1.29, 1.82) is 0 Å². The van der Waals surface area contributed by atoms with Gasteiger partial charge < -0.3 is 9.84 Å². The first-order valence-corrected chi connectivity index (χ1v) is 5.92. The zero-order chi connectivity index (χ0) is 12.5. The minimum Gasteiger partial charge on any atom is -0.481 e. The summed E-state index contributed by atoms with van der Waals surface area (Å²) in [6.07, 6.45) is 8.31. The maximum atomic E-state index is 11.3. The maximum absolute atomic E-state index is 11.3. The molecule has 3 rings (SSSR count). The molecule has 0 unspecified atom stereocenters. The van der Waals surface area contributed by atoms with Crippen LogP contribution in [0.4, 0.5) is 0 Å². The maximum Gasteiger partial charge on any atom is 0.311 e. The first-order chi connectivity index (χ1) is 8.08. The van der Waals surface area contributed by atoms with E-state index in [1.165, 1.54) is 0 Å². The van der Waals surface area contributed by atoms with E-state index in [0.717, 1.165) is 18.4 Å². The lowest BCUT2D eigenvalue weighted by Gasteiger charge is -2.51. The van der Waals surface area contributed by atoms with Gasteiger partial charge in [0.05, 0.1) is 17.6 Å². The molecule has 1 saturated carbocycles. The fourth-order valence-electron chi connectivity index (χ4n) is 2.88. The Morgan fingerprint density at radius 1 is 1.24 bits per heavy atom. The van der Waals surface area contributed by atoms with E-state index in [1.807, 2.05) is 6.08 Å². The quantitative estimate of drug-likeness (QED) is 0.761. The molecule has 0 aromatic carbocycles. The molecule has 3 heteroatoms. The van der Waals surface area contributed by atoms with Gasteiger partial charge in [-0.1, -0.05) is 31.4 Å². The molecular weight excluding hydrogens is 216 g/mol. The van der Waals surface area contributed by atoms with E-state index in [1.54, 1.807) is 12.2 Å². The van der Waals surface area contributed by atoms with Crippen molar-refractivity contribution in [2.45, 2.75) is 31.3 Å².